The number of piperidine rings is 1. The molecule has 1 saturated carbocycles. The van der Waals surface area contributed by atoms with Crippen LogP contribution < -0.4 is 10.6 Å². The molecule has 1 aliphatic heterocycles. The molecule has 2 aromatic rings. The first-order valence-electron chi connectivity index (χ1n) is 7.63. The smallest absolute Gasteiger partial charge is 0.269 e. The number of rotatable bonds is 4. The summed E-state index contributed by atoms with van der Waals surface area (Å²) in [6, 6.07) is 12.8. The number of Topliss-reactive ketones (excluding diaryl/α,β-unsaturated/α-hetero) is 1. The van der Waals surface area contributed by atoms with E-state index in [0.29, 0.717) is 11.8 Å². The van der Waals surface area contributed by atoms with Gasteiger partial charge in [0.25, 0.3) is 5.91 Å². The van der Waals surface area contributed by atoms with Crippen LogP contribution in [0.25, 0.3) is 0 Å². The van der Waals surface area contributed by atoms with Gasteiger partial charge in [-0.25, -0.2) is 0 Å². The normalized spacial score (nSPS) is 25.0. The molecular weight excluding hydrogens is 292 g/mol. The second kappa shape index (κ2) is 5.15. The van der Waals surface area contributed by atoms with Gasteiger partial charge < -0.3 is 10.6 Å². The first kappa shape index (κ1) is 13.9. The van der Waals surface area contributed by atoms with Crippen molar-refractivity contribution in [3.05, 3.63) is 53.7 Å². The lowest BCUT2D eigenvalue weighted by molar-refractivity contribution is 0.0952. The van der Waals surface area contributed by atoms with Crippen LogP contribution in [0.4, 0.5) is 5.82 Å². The Balaban J connectivity index is 1.42. The zero-order valence-corrected chi connectivity index (χ0v) is 12.4. The summed E-state index contributed by atoms with van der Waals surface area (Å²) in [5.74, 6) is 1.30. The summed E-state index contributed by atoms with van der Waals surface area (Å²) in [4.78, 5) is 25.6. The van der Waals surface area contributed by atoms with Crippen molar-refractivity contribution < 1.29 is 9.59 Å². The van der Waals surface area contributed by atoms with E-state index in [4.69, 9.17) is 5.73 Å². The van der Waals surface area contributed by atoms with E-state index in [9.17, 15) is 9.59 Å². The number of carbonyl (C=O) groups excluding carboxylic acids is 2. The number of ketones is 1. The minimum Gasteiger partial charge on any atom is -0.364 e. The van der Waals surface area contributed by atoms with Crippen molar-refractivity contribution in [2.24, 2.45) is 23.5 Å². The Morgan fingerprint density at radius 2 is 1.70 bits per heavy atom. The molecule has 116 valence electrons. The number of aromatic nitrogens is 2. The fourth-order valence-electron chi connectivity index (χ4n) is 3.52. The number of anilines is 1. The molecule has 2 N–H and O–H groups in total. The van der Waals surface area contributed by atoms with Gasteiger partial charge in [0.05, 0.1) is 0 Å². The molecule has 2 atom stereocenters. The number of nitrogens with zero attached hydrogens (tertiary/aromatic N) is 3. The highest BCUT2D eigenvalue weighted by molar-refractivity contribution is 6.00. The molecule has 4 rings (SSSR count). The summed E-state index contributed by atoms with van der Waals surface area (Å²) >= 11 is 0. The molecule has 1 aromatic heterocycles. The predicted octanol–water partition coefficient (Wildman–Crippen LogP) is 1.14. The average Bonchev–Trinajstić information content (AvgIpc) is 3.08. The molecule has 1 aliphatic carbocycles. The second-order valence-corrected chi connectivity index (χ2v) is 6.13. The molecule has 2 heterocycles. The lowest BCUT2D eigenvalue weighted by Gasteiger charge is -2.20. The molecule has 2 fully saturated rings. The van der Waals surface area contributed by atoms with Gasteiger partial charge in [0, 0.05) is 24.6 Å². The number of nitrogens with two attached hydrogens (primary N) is 1. The van der Waals surface area contributed by atoms with Gasteiger partial charge in [-0.1, -0.05) is 30.3 Å². The molecule has 2 aliphatic rings. The minimum absolute atomic E-state index is 0.131. The minimum atomic E-state index is -0.582. The number of hydrogen-bond acceptors (Lipinski definition) is 5. The standard InChI is InChI=1S/C17H16N4O2/c18-17(23)13-6-7-14(20-19-13)21-8-11-12(9-21)15(11)16(22)10-4-2-1-3-5-10/h1-7,11-12,15H,8-9H2,(H2,18,23). The van der Waals surface area contributed by atoms with E-state index >= 15 is 0 Å². The van der Waals surface area contributed by atoms with Gasteiger partial charge in [-0.2, -0.15) is 0 Å². The van der Waals surface area contributed by atoms with E-state index in [2.05, 4.69) is 15.1 Å². The summed E-state index contributed by atoms with van der Waals surface area (Å²) in [6.07, 6.45) is 0. The Bertz CT molecular complexity index is 748. The maximum atomic E-state index is 12.5. The number of fused-ring (bicyclic) bond motifs is 1. The fraction of sp³-hybridized carbons (Fsp3) is 0.294. The summed E-state index contributed by atoms with van der Waals surface area (Å²) in [5.41, 5.74) is 6.12. The summed E-state index contributed by atoms with van der Waals surface area (Å²) in [6.45, 7) is 1.61. The largest absolute Gasteiger partial charge is 0.364 e. The Morgan fingerprint density at radius 1 is 1.00 bits per heavy atom. The van der Waals surface area contributed by atoms with Gasteiger partial charge in [-0.3, -0.25) is 9.59 Å². The van der Waals surface area contributed by atoms with Crippen LogP contribution in [0.15, 0.2) is 42.5 Å². The highest BCUT2D eigenvalue weighted by Gasteiger charge is 2.59. The number of amides is 1. The first-order valence-corrected chi connectivity index (χ1v) is 7.63. The monoisotopic (exact) mass is 308 g/mol. The average molecular weight is 308 g/mol. The van der Waals surface area contributed by atoms with Crippen molar-refractivity contribution in [2.45, 2.75) is 0 Å². The van der Waals surface area contributed by atoms with Crippen molar-refractivity contribution in [3.63, 3.8) is 0 Å². The van der Waals surface area contributed by atoms with E-state index in [-0.39, 0.29) is 17.4 Å². The first-order chi connectivity index (χ1) is 11.1. The molecule has 0 bridgehead atoms. The third-order valence-corrected chi connectivity index (χ3v) is 4.78. The Labute approximate surface area is 133 Å². The quantitative estimate of drug-likeness (QED) is 0.856. The van der Waals surface area contributed by atoms with Crippen molar-refractivity contribution in [3.8, 4) is 0 Å². The van der Waals surface area contributed by atoms with Gasteiger partial charge in [0.15, 0.2) is 17.3 Å². The summed E-state index contributed by atoms with van der Waals surface area (Å²) < 4.78 is 0. The molecule has 23 heavy (non-hydrogen) atoms. The molecule has 1 aromatic carbocycles. The van der Waals surface area contributed by atoms with Gasteiger partial charge in [-0.15, -0.1) is 10.2 Å². The maximum absolute atomic E-state index is 12.5. The van der Waals surface area contributed by atoms with E-state index in [1.807, 2.05) is 30.3 Å². The maximum Gasteiger partial charge on any atom is 0.269 e. The van der Waals surface area contributed by atoms with Crippen LogP contribution >= 0.6 is 0 Å². The van der Waals surface area contributed by atoms with E-state index in [1.54, 1.807) is 12.1 Å². The van der Waals surface area contributed by atoms with Crippen LogP contribution in [0.3, 0.4) is 0 Å². The molecule has 6 heteroatoms. The zero-order chi connectivity index (χ0) is 16.0. The van der Waals surface area contributed by atoms with Crippen LogP contribution in [0, 0.1) is 17.8 Å². The summed E-state index contributed by atoms with van der Waals surface area (Å²) in [5, 5.41) is 7.89. The van der Waals surface area contributed by atoms with Crippen molar-refractivity contribution in [1.29, 1.82) is 0 Å². The highest BCUT2D eigenvalue weighted by Crippen LogP contribution is 2.53. The molecule has 2 unspecified atom stereocenters. The molecule has 1 saturated heterocycles. The number of benzene rings is 1. The van der Waals surface area contributed by atoms with Gasteiger partial charge in [0.1, 0.15) is 0 Å². The van der Waals surface area contributed by atoms with E-state index in [0.717, 1.165) is 24.5 Å². The summed E-state index contributed by atoms with van der Waals surface area (Å²) in [7, 11) is 0. The van der Waals surface area contributed by atoms with Crippen LogP contribution in [-0.2, 0) is 0 Å². The lowest BCUT2D eigenvalue weighted by Crippen LogP contribution is -2.27. The number of hydrogen-bond donors (Lipinski definition) is 1. The third kappa shape index (κ3) is 2.36. The third-order valence-electron chi connectivity index (χ3n) is 4.78. The Hall–Kier alpha value is -2.76. The molecule has 6 nitrogen and oxygen atoms in total. The predicted molar refractivity (Wildman–Crippen MR) is 84.0 cm³/mol. The van der Waals surface area contributed by atoms with Gasteiger partial charge in [0.2, 0.25) is 0 Å². The van der Waals surface area contributed by atoms with Gasteiger partial charge >= 0.3 is 0 Å². The highest BCUT2D eigenvalue weighted by atomic mass is 16.1. The van der Waals surface area contributed by atoms with Crippen LogP contribution in [0.5, 0.6) is 0 Å². The van der Waals surface area contributed by atoms with Gasteiger partial charge in [-0.05, 0) is 24.0 Å². The zero-order valence-electron chi connectivity index (χ0n) is 12.4. The Morgan fingerprint density at radius 3 is 2.26 bits per heavy atom. The van der Waals surface area contributed by atoms with Crippen molar-refractivity contribution in [2.75, 3.05) is 18.0 Å². The molecule has 0 radical (unpaired) electrons. The van der Waals surface area contributed by atoms with Crippen LogP contribution in [-0.4, -0.2) is 35.0 Å². The molecule has 1 amide bonds. The number of carbonyl (C=O) groups is 2. The topological polar surface area (TPSA) is 89.2 Å². The SMILES string of the molecule is NC(=O)c1ccc(N2CC3C(C2)C3C(=O)c2ccccc2)nn1. The second-order valence-electron chi connectivity index (χ2n) is 6.13. The van der Waals surface area contributed by atoms with Crippen molar-refractivity contribution in [1.82, 2.24) is 10.2 Å². The molecule has 0 spiro atoms. The lowest BCUT2D eigenvalue weighted by atomic mass is 10.0. The fourth-order valence-corrected chi connectivity index (χ4v) is 3.52. The van der Waals surface area contributed by atoms with E-state index in [1.165, 1.54) is 0 Å². The van der Waals surface area contributed by atoms with Crippen LogP contribution in [0.1, 0.15) is 20.8 Å². The number of primary amides is 1. The van der Waals surface area contributed by atoms with Crippen molar-refractivity contribution >= 4 is 17.5 Å². The van der Waals surface area contributed by atoms with E-state index < -0.39 is 5.91 Å². The van der Waals surface area contributed by atoms with Crippen LogP contribution in [0.2, 0.25) is 0 Å². The Kier molecular flexibility index (Phi) is 3.11. The molecular formula is C17H16N4O2.